The number of hydrogen-bond acceptors (Lipinski definition) is 5. The van der Waals surface area contributed by atoms with E-state index < -0.39 is 0 Å². The summed E-state index contributed by atoms with van der Waals surface area (Å²) in [6.07, 6.45) is 1.77. The summed E-state index contributed by atoms with van der Waals surface area (Å²) in [5, 5.41) is 0.910. The second-order valence-electron chi connectivity index (χ2n) is 5.38. The molecule has 5 heteroatoms. The monoisotopic (exact) mass is 333 g/mol. The average molecular weight is 333 g/mol. The summed E-state index contributed by atoms with van der Waals surface area (Å²) in [4.78, 5) is 13.7. The van der Waals surface area contributed by atoms with E-state index in [9.17, 15) is 0 Å². The van der Waals surface area contributed by atoms with Crippen molar-refractivity contribution in [1.82, 2.24) is 15.0 Å². The Balaban J connectivity index is 1.53. The van der Waals surface area contributed by atoms with Gasteiger partial charge in [-0.1, -0.05) is 54.2 Å². The molecular formula is C19H15N3OS. The number of rotatable bonds is 4. The summed E-state index contributed by atoms with van der Waals surface area (Å²) >= 11 is 1.59. The highest BCUT2D eigenvalue weighted by Gasteiger charge is 2.10. The Bertz CT molecular complexity index is 982. The van der Waals surface area contributed by atoms with Gasteiger partial charge in [0.15, 0.2) is 5.76 Å². The third-order valence-corrected chi connectivity index (χ3v) is 4.70. The van der Waals surface area contributed by atoms with Crippen molar-refractivity contribution in [3.63, 3.8) is 0 Å². The number of nitrogens with zero attached hydrogens (tertiary/aromatic N) is 3. The summed E-state index contributed by atoms with van der Waals surface area (Å²) in [6, 6.07) is 17.9. The number of thioether (sulfide) groups is 1. The Labute approximate surface area is 144 Å². The third-order valence-electron chi connectivity index (χ3n) is 3.65. The molecule has 0 unspecified atom stereocenters. The Morgan fingerprint density at radius 2 is 1.62 bits per heavy atom. The molecule has 0 spiro atoms. The highest BCUT2D eigenvalue weighted by Crippen LogP contribution is 2.27. The molecule has 2 aromatic carbocycles. The van der Waals surface area contributed by atoms with Gasteiger partial charge in [0.2, 0.25) is 5.89 Å². The molecule has 0 aliphatic heterocycles. The SMILES string of the molecule is Cc1nc2ccccc2nc1SCc1ncc(-c2ccccc2)o1. The minimum atomic E-state index is 0.626. The van der Waals surface area contributed by atoms with Gasteiger partial charge in [-0.15, -0.1) is 0 Å². The van der Waals surface area contributed by atoms with Gasteiger partial charge in [0, 0.05) is 5.56 Å². The van der Waals surface area contributed by atoms with Crippen molar-refractivity contribution in [1.29, 1.82) is 0 Å². The molecule has 4 nitrogen and oxygen atoms in total. The first-order chi connectivity index (χ1) is 11.8. The van der Waals surface area contributed by atoms with E-state index in [1.54, 1.807) is 18.0 Å². The zero-order valence-electron chi connectivity index (χ0n) is 13.1. The Hall–Kier alpha value is -2.66. The third kappa shape index (κ3) is 3.03. The number of benzene rings is 2. The van der Waals surface area contributed by atoms with Gasteiger partial charge < -0.3 is 4.42 Å². The molecule has 0 radical (unpaired) electrons. The zero-order chi connectivity index (χ0) is 16.4. The van der Waals surface area contributed by atoms with Crippen LogP contribution in [0.2, 0.25) is 0 Å². The fourth-order valence-electron chi connectivity index (χ4n) is 2.45. The summed E-state index contributed by atoms with van der Waals surface area (Å²) in [6.45, 7) is 1.98. The number of aryl methyl sites for hydroxylation is 1. The van der Waals surface area contributed by atoms with Gasteiger partial charge in [-0.3, -0.25) is 0 Å². The van der Waals surface area contributed by atoms with Crippen molar-refractivity contribution >= 4 is 22.8 Å². The van der Waals surface area contributed by atoms with Crippen LogP contribution in [-0.4, -0.2) is 15.0 Å². The van der Waals surface area contributed by atoms with Crippen LogP contribution < -0.4 is 0 Å². The van der Waals surface area contributed by atoms with E-state index in [1.165, 1.54) is 0 Å². The van der Waals surface area contributed by atoms with Gasteiger partial charge >= 0.3 is 0 Å². The van der Waals surface area contributed by atoms with Crippen molar-refractivity contribution in [3.05, 3.63) is 72.4 Å². The lowest BCUT2D eigenvalue weighted by Gasteiger charge is -2.04. The Morgan fingerprint density at radius 1 is 0.917 bits per heavy atom. The molecule has 2 heterocycles. The Kier molecular flexibility index (Phi) is 4.01. The van der Waals surface area contributed by atoms with Gasteiger partial charge in [0.05, 0.1) is 28.7 Å². The summed E-state index contributed by atoms with van der Waals surface area (Å²) in [5.41, 5.74) is 3.78. The predicted octanol–water partition coefficient (Wildman–Crippen LogP) is 4.89. The van der Waals surface area contributed by atoms with E-state index in [-0.39, 0.29) is 0 Å². The van der Waals surface area contributed by atoms with Gasteiger partial charge in [0.1, 0.15) is 5.03 Å². The van der Waals surface area contributed by atoms with E-state index in [2.05, 4.69) is 15.0 Å². The van der Waals surface area contributed by atoms with Crippen molar-refractivity contribution in [2.75, 3.05) is 0 Å². The van der Waals surface area contributed by atoms with Crippen LogP contribution in [0.4, 0.5) is 0 Å². The van der Waals surface area contributed by atoms with Crippen LogP contribution >= 0.6 is 11.8 Å². The van der Waals surface area contributed by atoms with E-state index in [0.717, 1.165) is 33.1 Å². The maximum absolute atomic E-state index is 5.84. The van der Waals surface area contributed by atoms with Crippen molar-refractivity contribution < 1.29 is 4.42 Å². The topological polar surface area (TPSA) is 51.8 Å². The molecule has 2 aromatic heterocycles. The lowest BCUT2D eigenvalue weighted by molar-refractivity contribution is 0.530. The second kappa shape index (κ2) is 6.45. The van der Waals surface area contributed by atoms with Crippen LogP contribution in [0.3, 0.4) is 0 Å². The van der Waals surface area contributed by atoms with E-state index in [4.69, 9.17) is 4.42 Å². The van der Waals surface area contributed by atoms with Crippen molar-refractivity contribution in [2.24, 2.45) is 0 Å². The first-order valence-corrected chi connectivity index (χ1v) is 8.64. The fraction of sp³-hybridized carbons (Fsp3) is 0.105. The summed E-state index contributed by atoms with van der Waals surface area (Å²) in [5.74, 6) is 2.10. The summed E-state index contributed by atoms with van der Waals surface area (Å²) < 4.78 is 5.84. The normalized spacial score (nSPS) is 11.0. The van der Waals surface area contributed by atoms with Crippen LogP contribution in [0.1, 0.15) is 11.6 Å². The second-order valence-corrected chi connectivity index (χ2v) is 6.34. The lowest BCUT2D eigenvalue weighted by Crippen LogP contribution is -1.93. The standard InChI is InChI=1S/C19H15N3OS/c1-13-19(22-16-10-6-5-9-15(16)21-13)24-12-18-20-11-17(23-18)14-7-3-2-4-8-14/h2-11H,12H2,1H3. The van der Waals surface area contributed by atoms with Gasteiger partial charge in [-0.05, 0) is 19.1 Å². The molecule has 0 N–H and O–H groups in total. The molecule has 0 bridgehead atoms. The van der Waals surface area contributed by atoms with Crippen molar-refractivity contribution in [2.45, 2.75) is 17.7 Å². The molecular weight excluding hydrogens is 318 g/mol. The average Bonchev–Trinajstić information content (AvgIpc) is 3.10. The zero-order valence-corrected chi connectivity index (χ0v) is 14.0. The first-order valence-electron chi connectivity index (χ1n) is 7.66. The number of fused-ring (bicyclic) bond motifs is 1. The van der Waals surface area contributed by atoms with Crippen LogP contribution in [0.15, 0.2) is 70.2 Å². The highest BCUT2D eigenvalue weighted by molar-refractivity contribution is 7.98. The van der Waals surface area contributed by atoms with E-state index >= 15 is 0 Å². The minimum absolute atomic E-state index is 0.626. The maximum atomic E-state index is 5.84. The van der Waals surface area contributed by atoms with Gasteiger partial charge in [-0.25, -0.2) is 15.0 Å². The molecule has 0 aliphatic carbocycles. The minimum Gasteiger partial charge on any atom is -0.440 e. The van der Waals surface area contributed by atoms with E-state index in [1.807, 2.05) is 61.5 Å². The van der Waals surface area contributed by atoms with Crippen molar-refractivity contribution in [3.8, 4) is 11.3 Å². The fourth-order valence-corrected chi connectivity index (χ4v) is 3.26. The molecule has 118 valence electrons. The number of hydrogen-bond donors (Lipinski definition) is 0. The molecule has 0 saturated carbocycles. The number of aromatic nitrogens is 3. The molecule has 0 aliphatic rings. The molecule has 0 atom stereocenters. The maximum Gasteiger partial charge on any atom is 0.205 e. The largest absolute Gasteiger partial charge is 0.440 e. The lowest BCUT2D eigenvalue weighted by atomic mass is 10.2. The van der Waals surface area contributed by atoms with E-state index in [0.29, 0.717) is 11.6 Å². The van der Waals surface area contributed by atoms with Gasteiger partial charge in [-0.2, -0.15) is 0 Å². The number of oxazole rings is 1. The van der Waals surface area contributed by atoms with Crippen LogP contribution in [0.25, 0.3) is 22.4 Å². The molecule has 24 heavy (non-hydrogen) atoms. The molecule has 0 fully saturated rings. The van der Waals surface area contributed by atoms with Crippen LogP contribution in [0.5, 0.6) is 0 Å². The Morgan fingerprint density at radius 3 is 2.42 bits per heavy atom. The molecule has 4 aromatic rings. The van der Waals surface area contributed by atoms with Gasteiger partial charge in [0.25, 0.3) is 0 Å². The van der Waals surface area contributed by atoms with Crippen LogP contribution in [-0.2, 0) is 5.75 Å². The molecule has 4 rings (SSSR count). The summed E-state index contributed by atoms with van der Waals surface area (Å²) in [7, 11) is 0. The number of para-hydroxylation sites is 2. The quantitative estimate of drug-likeness (QED) is 0.498. The highest BCUT2D eigenvalue weighted by atomic mass is 32.2. The smallest absolute Gasteiger partial charge is 0.205 e. The molecule has 0 amide bonds. The first kappa shape index (κ1) is 14.9. The molecule has 0 saturated heterocycles. The predicted molar refractivity (Wildman–Crippen MR) is 95.8 cm³/mol. The van der Waals surface area contributed by atoms with Crippen LogP contribution in [0, 0.1) is 6.92 Å².